The van der Waals surface area contributed by atoms with Crippen molar-refractivity contribution in [3.8, 4) is 0 Å². The molecule has 0 bridgehead atoms. The fourth-order valence-electron chi connectivity index (χ4n) is 1.30. The van der Waals surface area contributed by atoms with Gasteiger partial charge in [0.25, 0.3) is 0 Å². The molecule has 0 unspecified atom stereocenters. The number of nitrogens with zero attached hydrogens (tertiary/aromatic N) is 2. The van der Waals surface area contributed by atoms with Crippen molar-refractivity contribution in [1.29, 1.82) is 0 Å². The molecule has 3 nitrogen and oxygen atoms in total. The molecule has 0 saturated carbocycles. The summed E-state index contributed by atoms with van der Waals surface area (Å²) in [6, 6.07) is 0. The lowest BCUT2D eigenvalue weighted by Gasteiger charge is -2.07. The molecule has 3 heteroatoms. The van der Waals surface area contributed by atoms with E-state index in [-0.39, 0.29) is 0 Å². The van der Waals surface area contributed by atoms with Gasteiger partial charge in [-0.3, -0.25) is 0 Å². The second-order valence-electron chi connectivity index (χ2n) is 2.60. The molecule has 1 aliphatic heterocycles. The van der Waals surface area contributed by atoms with Crippen LogP contribution < -0.4 is 5.32 Å². The molecular formula is C7H10N3. The van der Waals surface area contributed by atoms with Crippen LogP contribution in [0.4, 0.5) is 0 Å². The first-order valence-electron chi connectivity index (χ1n) is 3.54. The Labute approximate surface area is 59.9 Å². The molecule has 1 N–H and O–H groups in total. The highest BCUT2D eigenvalue weighted by atomic mass is 15.0. The van der Waals surface area contributed by atoms with Crippen molar-refractivity contribution in [2.75, 3.05) is 6.54 Å². The van der Waals surface area contributed by atoms with Gasteiger partial charge in [0, 0.05) is 18.7 Å². The lowest BCUT2D eigenvalue weighted by Crippen LogP contribution is -2.17. The molecule has 1 aliphatic rings. The Bertz CT molecular complexity index is 215. The van der Waals surface area contributed by atoms with Crippen LogP contribution >= 0.6 is 0 Å². The van der Waals surface area contributed by atoms with E-state index in [1.54, 1.807) is 0 Å². The van der Waals surface area contributed by atoms with Crippen molar-refractivity contribution >= 4 is 0 Å². The molecule has 0 spiro atoms. The maximum Gasteiger partial charge on any atom is 0.103 e. The third-order valence-corrected chi connectivity index (χ3v) is 1.76. The van der Waals surface area contributed by atoms with Crippen LogP contribution in [0.15, 0.2) is 0 Å². The smallest absolute Gasteiger partial charge is 0.103 e. The van der Waals surface area contributed by atoms with Crippen LogP contribution in [0, 0.1) is 6.92 Å². The van der Waals surface area contributed by atoms with Crippen molar-refractivity contribution in [3.05, 3.63) is 17.2 Å². The SMILES string of the molecule is Cc1nc2c([nH]1)CC[N]C2. The number of imidazole rings is 1. The van der Waals surface area contributed by atoms with Crippen LogP contribution in [-0.4, -0.2) is 16.5 Å². The number of hydrogen-bond acceptors (Lipinski definition) is 1. The van der Waals surface area contributed by atoms with E-state index in [0.29, 0.717) is 0 Å². The van der Waals surface area contributed by atoms with Crippen molar-refractivity contribution in [3.63, 3.8) is 0 Å². The summed E-state index contributed by atoms with van der Waals surface area (Å²) in [6.07, 6.45) is 1.04. The largest absolute Gasteiger partial charge is 0.346 e. The number of fused-ring (bicyclic) bond motifs is 1. The van der Waals surface area contributed by atoms with Crippen LogP contribution in [0.1, 0.15) is 17.2 Å². The summed E-state index contributed by atoms with van der Waals surface area (Å²) in [4.78, 5) is 7.53. The standard InChI is InChI=1S/C7H10N3/c1-5-9-6-2-3-8-4-7(6)10-5/h2-4H2,1H3,(H,9,10). The molecule has 2 heterocycles. The van der Waals surface area contributed by atoms with Crippen molar-refractivity contribution in [2.45, 2.75) is 19.9 Å². The summed E-state index contributed by atoms with van der Waals surface area (Å²) >= 11 is 0. The van der Waals surface area contributed by atoms with E-state index in [2.05, 4.69) is 15.3 Å². The molecule has 0 atom stereocenters. The van der Waals surface area contributed by atoms with E-state index < -0.39 is 0 Å². The van der Waals surface area contributed by atoms with Gasteiger partial charge in [-0.2, -0.15) is 0 Å². The quantitative estimate of drug-likeness (QED) is 0.550. The Hall–Kier alpha value is -0.830. The summed E-state index contributed by atoms with van der Waals surface area (Å²) in [5.74, 6) is 1.02. The minimum absolute atomic E-state index is 0.805. The van der Waals surface area contributed by atoms with Gasteiger partial charge in [0.1, 0.15) is 5.82 Å². The Morgan fingerprint density at radius 3 is 3.20 bits per heavy atom. The van der Waals surface area contributed by atoms with E-state index in [0.717, 1.165) is 31.0 Å². The van der Waals surface area contributed by atoms with Gasteiger partial charge in [0.2, 0.25) is 0 Å². The molecule has 1 aromatic heterocycles. The number of hydrogen-bond donors (Lipinski definition) is 1. The van der Waals surface area contributed by atoms with Crippen LogP contribution in [-0.2, 0) is 13.0 Å². The third-order valence-electron chi connectivity index (χ3n) is 1.76. The average Bonchev–Trinajstić information content (AvgIpc) is 2.27. The fraction of sp³-hybridized carbons (Fsp3) is 0.571. The summed E-state index contributed by atoms with van der Waals surface area (Å²) in [6.45, 7) is 3.74. The highest BCUT2D eigenvalue weighted by Crippen LogP contribution is 2.10. The monoisotopic (exact) mass is 136 g/mol. The van der Waals surface area contributed by atoms with E-state index in [9.17, 15) is 0 Å². The van der Waals surface area contributed by atoms with Crippen molar-refractivity contribution in [1.82, 2.24) is 15.3 Å². The van der Waals surface area contributed by atoms with Crippen molar-refractivity contribution < 1.29 is 0 Å². The molecule has 0 saturated heterocycles. The zero-order valence-corrected chi connectivity index (χ0v) is 6.02. The van der Waals surface area contributed by atoms with Gasteiger partial charge in [0.05, 0.1) is 12.2 Å². The lowest BCUT2D eigenvalue weighted by molar-refractivity contribution is 0.614. The predicted molar refractivity (Wildman–Crippen MR) is 37.7 cm³/mol. The second-order valence-corrected chi connectivity index (χ2v) is 2.60. The maximum absolute atomic E-state index is 4.30. The molecular weight excluding hydrogens is 126 g/mol. The fourth-order valence-corrected chi connectivity index (χ4v) is 1.30. The van der Waals surface area contributed by atoms with Crippen LogP contribution in [0.2, 0.25) is 0 Å². The third kappa shape index (κ3) is 0.827. The maximum atomic E-state index is 4.30. The minimum Gasteiger partial charge on any atom is -0.346 e. The van der Waals surface area contributed by atoms with Gasteiger partial charge in [-0.25, -0.2) is 10.3 Å². The minimum atomic E-state index is 0.805. The molecule has 2 rings (SSSR count). The van der Waals surface area contributed by atoms with Gasteiger partial charge in [-0.1, -0.05) is 0 Å². The van der Waals surface area contributed by atoms with E-state index >= 15 is 0 Å². The molecule has 0 fully saturated rings. The van der Waals surface area contributed by atoms with Gasteiger partial charge < -0.3 is 4.98 Å². The first-order chi connectivity index (χ1) is 4.86. The van der Waals surface area contributed by atoms with Gasteiger partial charge in [-0.05, 0) is 6.92 Å². The Kier molecular flexibility index (Phi) is 1.24. The van der Waals surface area contributed by atoms with Crippen LogP contribution in [0.3, 0.4) is 0 Å². The molecule has 0 aromatic carbocycles. The normalized spacial score (nSPS) is 16.9. The summed E-state index contributed by atoms with van der Waals surface area (Å²) < 4.78 is 0. The number of H-pyrrole nitrogens is 1. The van der Waals surface area contributed by atoms with E-state index in [1.807, 2.05) is 6.92 Å². The van der Waals surface area contributed by atoms with Crippen LogP contribution in [0.5, 0.6) is 0 Å². The first-order valence-corrected chi connectivity index (χ1v) is 3.54. The number of aromatic nitrogens is 2. The number of aryl methyl sites for hydroxylation is 1. The predicted octanol–water partition coefficient (Wildman–Crippen LogP) is 0.379. The highest BCUT2D eigenvalue weighted by molar-refractivity contribution is 5.16. The topological polar surface area (TPSA) is 42.8 Å². The zero-order valence-electron chi connectivity index (χ0n) is 6.02. The molecule has 1 aromatic rings. The lowest BCUT2D eigenvalue weighted by atomic mass is 10.2. The van der Waals surface area contributed by atoms with Crippen LogP contribution in [0.25, 0.3) is 0 Å². The molecule has 1 radical (unpaired) electrons. The molecule has 0 aliphatic carbocycles. The van der Waals surface area contributed by atoms with Gasteiger partial charge in [0.15, 0.2) is 0 Å². The Balaban J connectivity index is 2.41. The summed E-state index contributed by atoms with van der Waals surface area (Å²) in [5.41, 5.74) is 2.43. The van der Waals surface area contributed by atoms with E-state index in [1.165, 1.54) is 5.69 Å². The Morgan fingerprint density at radius 1 is 1.50 bits per heavy atom. The Morgan fingerprint density at radius 2 is 2.40 bits per heavy atom. The number of rotatable bonds is 0. The first kappa shape index (κ1) is 5.92. The number of aromatic amines is 1. The van der Waals surface area contributed by atoms with E-state index in [4.69, 9.17) is 0 Å². The van der Waals surface area contributed by atoms with Crippen molar-refractivity contribution in [2.24, 2.45) is 0 Å². The molecule has 0 amide bonds. The van der Waals surface area contributed by atoms with Gasteiger partial charge >= 0.3 is 0 Å². The van der Waals surface area contributed by atoms with Gasteiger partial charge in [-0.15, -0.1) is 0 Å². The second kappa shape index (κ2) is 2.09. The average molecular weight is 136 g/mol. The molecule has 53 valence electrons. The number of nitrogens with one attached hydrogen (secondary N) is 1. The highest BCUT2D eigenvalue weighted by Gasteiger charge is 2.12. The summed E-state index contributed by atoms with van der Waals surface area (Å²) in [5, 5.41) is 4.25. The zero-order chi connectivity index (χ0) is 6.97. The molecule has 10 heavy (non-hydrogen) atoms. The summed E-state index contributed by atoms with van der Waals surface area (Å²) in [7, 11) is 0.